The van der Waals surface area contributed by atoms with Crippen molar-refractivity contribution >= 4 is 20.6 Å². The summed E-state index contributed by atoms with van der Waals surface area (Å²) in [6, 6.07) is 15.9. The zero-order valence-electron chi connectivity index (χ0n) is 12.3. The first-order chi connectivity index (χ1) is 10.4. The summed E-state index contributed by atoms with van der Waals surface area (Å²) in [4.78, 5) is 0.371. The van der Waals surface area contributed by atoms with E-state index >= 15 is 0 Å². The Kier molecular flexibility index (Phi) is 3.73. The predicted octanol–water partition coefficient (Wildman–Crippen LogP) is 6.86. The van der Waals surface area contributed by atoms with E-state index in [1.54, 1.807) is 36.4 Å². The minimum atomic E-state index is -4.26. The highest BCUT2D eigenvalue weighted by molar-refractivity contribution is 7.41. The van der Waals surface area contributed by atoms with E-state index in [1.807, 2.05) is 32.0 Å². The smallest absolute Gasteiger partial charge is 0.118 e. The van der Waals surface area contributed by atoms with Crippen LogP contribution in [0.2, 0.25) is 0 Å². The molecule has 0 fully saturated rings. The molecule has 0 radical (unpaired) electrons. The van der Waals surface area contributed by atoms with Gasteiger partial charge < -0.3 is 0 Å². The molecule has 1 atom stereocenters. The van der Waals surface area contributed by atoms with E-state index in [0.717, 1.165) is 5.56 Å². The molecule has 3 rings (SSSR count). The molecule has 4 heteroatoms. The van der Waals surface area contributed by atoms with E-state index in [4.69, 9.17) is 0 Å². The standard InChI is InChI=1S/C18H16F3S/c1-12(2)13-7-5-8-14(10-13)17-11-15-6-3-4-9-16(15)22(17)18(19,20)21/h3-12H,1-2H3/q+1. The van der Waals surface area contributed by atoms with Crippen molar-refractivity contribution in [1.29, 1.82) is 0 Å². The molecular formula is C18H16F3S+. The molecular weight excluding hydrogens is 305 g/mol. The van der Waals surface area contributed by atoms with Crippen LogP contribution in [0, 0.1) is 0 Å². The Morgan fingerprint density at radius 3 is 2.32 bits per heavy atom. The van der Waals surface area contributed by atoms with Gasteiger partial charge in [0, 0.05) is 17.0 Å². The minimum Gasteiger partial charge on any atom is -0.118 e. The highest BCUT2D eigenvalue weighted by Crippen LogP contribution is 2.54. The number of thiophene rings is 1. The van der Waals surface area contributed by atoms with E-state index in [0.29, 0.717) is 20.5 Å². The Hall–Kier alpha value is -1.81. The maximum atomic E-state index is 13.6. The van der Waals surface area contributed by atoms with E-state index in [-0.39, 0.29) is 5.92 Å². The summed E-state index contributed by atoms with van der Waals surface area (Å²) in [6.07, 6.45) is 0. The number of alkyl halides is 3. The average molecular weight is 321 g/mol. The van der Waals surface area contributed by atoms with E-state index in [1.165, 1.54) is 0 Å². The number of fused-ring (bicyclic) bond motifs is 1. The summed E-state index contributed by atoms with van der Waals surface area (Å²) in [5.41, 5.74) is -2.53. The quantitative estimate of drug-likeness (QED) is 0.452. The normalized spacial score (nSPS) is 13.1. The molecule has 0 aliphatic carbocycles. The average Bonchev–Trinajstić information content (AvgIpc) is 2.86. The molecule has 0 saturated carbocycles. The van der Waals surface area contributed by atoms with Gasteiger partial charge in [0.25, 0.3) is 0 Å². The first-order valence-electron chi connectivity index (χ1n) is 7.10. The van der Waals surface area contributed by atoms with Gasteiger partial charge in [-0.05, 0) is 35.7 Å². The third kappa shape index (κ3) is 2.63. The van der Waals surface area contributed by atoms with Gasteiger partial charge in [-0.3, -0.25) is 0 Å². The number of hydrogen-bond donors (Lipinski definition) is 0. The van der Waals surface area contributed by atoms with E-state index in [9.17, 15) is 13.2 Å². The molecule has 2 aromatic carbocycles. The van der Waals surface area contributed by atoms with Gasteiger partial charge in [-0.15, -0.1) is 13.2 Å². The fourth-order valence-electron chi connectivity index (χ4n) is 2.61. The van der Waals surface area contributed by atoms with Crippen molar-refractivity contribution in [3.63, 3.8) is 0 Å². The Balaban J connectivity index is 2.29. The highest BCUT2D eigenvalue weighted by atomic mass is 32.2. The molecule has 1 unspecified atom stereocenters. The topological polar surface area (TPSA) is 0 Å². The molecule has 0 N–H and O–H groups in total. The van der Waals surface area contributed by atoms with Crippen molar-refractivity contribution < 1.29 is 13.2 Å². The summed E-state index contributed by atoms with van der Waals surface area (Å²) in [7, 11) is -1.87. The van der Waals surface area contributed by atoms with Crippen molar-refractivity contribution in [1.82, 2.24) is 0 Å². The third-order valence-corrected chi connectivity index (χ3v) is 5.78. The zero-order valence-corrected chi connectivity index (χ0v) is 13.1. The Bertz CT molecular complexity index is 813. The molecule has 0 amide bonds. The van der Waals surface area contributed by atoms with Crippen molar-refractivity contribution in [2.24, 2.45) is 0 Å². The zero-order chi connectivity index (χ0) is 15.9. The largest absolute Gasteiger partial charge is 0.601 e. The Labute approximate surface area is 130 Å². The first kappa shape index (κ1) is 15.1. The molecule has 0 aliphatic rings. The molecule has 22 heavy (non-hydrogen) atoms. The van der Waals surface area contributed by atoms with Crippen molar-refractivity contribution in [2.45, 2.75) is 25.3 Å². The van der Waals surface area contributed by atoms with Crippen LogP contribution in [0.25, 0.3) is 20.5 Å². The fourth-order valence-corrected chi connectivity index (χ4v) is 4.53. The molecule has 114 valence electrons. The fraction of sp³-hybridized carbons (Fsp3) is 0.222. The van der Waals surface area contributed by atoms with Gasteiger partial charge in [-0.2, -0.15) is 0 Å². The van der Waals surface area contributed by atoms with Gasteiger partial charge >= 0.3 is 5.51 Å². The maximum absolute atomic E-state index is 13.6. The SMILES string of the molecule is CC(C)c1cccc(-c2cc3ccccc3[s+]2C(F)(F)F)c1. The lowest BCUT2D eigenvalue weighted by molar-refractivity contribution is -0.0864. The molecule has 1 aromatic heterocycles. The van der Waals surface area contributed by atoms with Gasteiger partial charge in [0.2, 0.25) is 0 Å². The molecule has 0 aliphatic heterocycles. The third-order valence-electron chi connectivity index (χ3n) is 3.71. The summed E-state index contributed by atoms with van der Waals surface area (Å²) in [5.74, 6) is 0.289. The molecule has 0 nitrogen and oxygen atoms in total. The lowest BCUT2D eigenvalue weighted by Gasteiger charge is -2.06. The summed E-state index contributed by atoms with van der Waals surface area (Å²) >= 11 is 0. The second-order valence-corrected chi connectivity index (χ2v) is 7.53. The molecule has 0 spiro atoms. The Morgan fingerprint density at radius 2 is 1.64 bits per heavy atom. The van der Waals surface area contributed by atoms with Gasteiger partial charge in [0.05, 0.1) is 0 Å². The second-order valence-electron chi connectivity index (χ2n) is 5.58. The van der Waals surface area contributed by atoms with Gasteiger partial charge in [-0.25, -0.2) is 0 Å². The van der Waals surface area contributed by atoms with Crippen LogP contribution in [0.5, 0.6) is 0 Å². The molecule has 1 heterocycles. The number of halogens is 3. The van der Waals surface area contributed by atoms with Crippen molar-refractivity contribution in [3.05, 3.63) is 60.2 Å². The van der Waals surface area contributed by atoms with Gasteiger partial charge in [-0.1, -0.05) is 38.1 Å². The molecule has 0 bridgehead atoms. The molecule has 0 saturated heterocycles. The summed E-state index contributed by atoms with van der Waals surface area (Å²) in [6.45, 7) is 4.08. The van der Waals surface area contributed by atoms with Gasteiger partial charge in [0.15, 0.2) is 9.58 Å². The van der Waals surface area contributed by atoms with Crippen molar-refractivity contribution in [2.75, 3.05) is 0 Å². The van der Waals surface area contributed by atoms with Crippen LogP contribution in [-0.4, -0.2) is 0 Å². The molecule has 3 aromatic rings. The van der Waals surface area contributed by atoms with Gasteiger partial charge in [0.1, 0.15) is 10.5 Å². The Morgan fingerprint density at radius 1 is 0.909 bits per heavy atom. The lowest BCUT2D eigenvalue weighted by atomic mass is 10.0. The number of benzene rings is 2. The summed E-state index contributed by atoms with van der Waals surface area (Å²) in [5, 5.41) is 0.674. The lowest BCUT2D eigenvalue weighted by Crippen LogP contribution is -1.97. The number of rotatable bonds is 2. The van der Waals surface area contributed by atoms with E-state index < -0.39 is 16.0 Å². The minimum absolute atomic E-state index is 0.289. The number of hydrogen-bond acceptors (Lipinski definition) is 0. The maximum Gasteiger partial charge on any atom is 0.601 e. The van der Waals surface area contributed by atoms with Crippen LogP contribution < -0.4 is 0 Å². The predicted molar refractivity (Wildman–Crippen MR) is 87.3 cm³/mol. The van der Waals surface area contributed by atoms with Crippen LogP contribution in [0.3, 0.4) is 0 Å². The van der Waals surface area contributed by atoms with Crippen LogP contribution in [0.15, 0.2) is 54.6 Å². The summed E-state index contributed by atoms with van der Waals surface area (Å²) < 4.78 is 41.2. The monoisotopic (exact) mass is 321 g/mol. The van der Waals surface area contributed by atoms with E-state index in [2.05, 4.69) is 0 Å². The highest BCUT2D eigenvalue weighted by Gasteiger charge is 2.48. The second kappa shape index (κ2) is 5.43. The van der Waals surface area contributed by atoms with Crippen LogP contribution in [-0.2, 0) is 5.51 Å². The van der Waals surface area contributed by atoms with Crippen LogP contribution in [0.1, 0.15) is 25.3 Å². The van der Waals surface area contributed by atoms with Crippen LogP contribution in [0.4, 0.5) is 13.2 Å². The van der Waals surface area contributed by atoms with Crippen molar-refractivity contribution in [3.8, 4) is 10.4 Å². The first-order valence-corrected chi connectivity index (χ1v) is 8.32. The van der Waals surface area contributed by atoms with Crippen LogP contribution >= 0.6 is 10.5 Å².